The van der Waals surface area contributed by atoms with Crippen molar-refractivity contribution in [3.63, 3.8) is 0 Å². The number of ether oxygens (including phenoxy) is 1. The van der Waals surface area contributed by atoms with Crippen LogP contribution in [0.5, 0.6) is 0 Å². The summed E-state index contributed by atoms with van der Waals surface area (Å²) >= 11 is 0. The third-order valence-corrected chi connectivity index (χ3v) is 4.37. The number of aromatic nitrogens is 1. The van der Waals surface area contributed by atoms with Crippen LogP contribution in [0.3, 0.4) is 0 Å². The summed E-state index contributed by atoms with van der Waals surface area (Å²) in [5.41, 5.74) is 2.90. The van der Waals surface area contributed by atoms with Crippen molar-refractivity contribution >= 4 is 11.8 Å². The summed E-state index contributed by atoms with van der Waals surface area (Å²) < 4.78 is 32.2. The van der Waals surface area contributed by atoms with Crippen LogP contribution in [0.1, 0.15) is 23.7 Å². The van der Waals surface area contributed by atoms with Gasteiger partial charge in [-0.05, 0) is 61.2 Å². The number of aryl methyl sites for hydroxylation is 1. The van der Waals surface area contributed by atoms with Gasteiger partial charge in [-0.3, -0.25) is 4.99 Å². The molecule has 1 N–H and O–H groups in total. The molecule has 1 aliphatic heterocycles. The Morgan fingerprint density at radius 1 is 1.40 bits per heavy atom. The highest BCUT2D eigenvalue weighted by atomic mass is 19.1. The van der Waals surface area contributed by atoms with Crippen molar-refractivity contribution < 1.29 is 18.3 Å². The molecule has 1 saturated heterocycles. The molecule has 0 aliphatic carbocycles. The number of aliphatic imine (C=N–C) groups is 1. The molecule has 5 nitrogen and oxygen atoms in total. The van der Waals surface area contributed by atoms with E-state index in [1.165, 1.54) is 36.7 Å². The van der Waals surface area contributed by atoms with Gasteiger partial charge in [0.2, 0.25) is 0 Å². The number of alkyl carbamates (subject to hydrolysis) is 1. The Bertz CT molecular complexity index is 1130. The first-order valence-corrected chi connectivity index (χ1v) is 9.11. The Hall–Kier alpha value is -3.79. The van der Waals surface area contributed by atoms with Crippen LogP contribution in [-0.4, -0.2) is 29.4 Å². The minimum atomic E-state index is -0.536. The van der Waals surface area contributed by atoms with E-state index in [0.29, 0.717) is 28.0 Å². The summed E-state index contributed by atoms with van der Waals surface area (Å²) in [6, 6.07) is 6.64. The fourth-order valence-corrected chi connectivity index (χ4v) is 2.78. The van der Waals surface area contributed by atoms with Crippen LogP contribution in [0, 0.1) is 30.4 Å². The van der Waals surface area contributed by atoms with Crippen molar-refractivity contribution in [2.75, 3.05) is 6.61 Å². The van der Waals surface area contributed by atoms with E-state index in [-0.39, 0.29) is 18.1 Å². The zero-order valence-electron chi connectivity index (χ0n) is 16.5. The number of rotatable bonds is 4. The zero-order chi connectivity index (χ0) is 21.7. The average Bonchev–Trinajstić information content (AvgIpc) is 3.15. The van der Waals surface area contributed by atoms with Gasteiger partial charge in [-0.1, -0.05) is 12.5 Å². The lowest BCUT2D eigenvalue weighted by Gasteiger charge is -2.16. The maximum Gasteiger partial charge on any atom is 0.407 e. The van der Waals surface area contributed by atoms with Crippen molar-refractivity contribution in [1.29, 1.82) is 0 Å². The van der Waals surface area contributed by atoms with Crippen LogP contribution in [0.2, 0.25) is 0 Å². The van der Waals surface area contributed by atoms with E-state index in [0.717, 1.165) is 0 Å². The minimum absolute atomic E-state index is 0.0408. The number of carbonyl (C=O) groups excluding carboxylic acids is 1. The molecule has 1 aliphatic rings. The zero-order valence-corrected chi connectivity index (χ0v) is 16.5. The quantitative estimate of drug-likeness (QED) is 0.614. The molecule has 0 bridgehead atoms. The first-order valence-electron chi connectivity index (χ1n) is 9.11. The van der Waals surface area contributed by atoms with Crippen LogP contribution in [0.15, 0.2) is 65.4 Å². The summed E-state index contributed by atoms with van der Waals surface area (Å²) in [4.78, 5) is 19.8. The Morgan fingerprint density at radius 2 is 2.20 bits per heavy atom. The van der Waals surface area contributed by atoms with E-state index < -0.39 is 18.0 Å². The number of hydrogen-bond donors (Lipinski definition) is 1. The number of allylic oxidation sites excluding steroid dienone is 1. The molecular weight excluding hydrogens is 388 g/mol. The number of cyclic esters (lactones) is 1. The SMILES string of the molecule is C=C(C(=NC=C(C)C#Cc1ncccc1F)c1ccc(F)cc1C)C1COC(=O)N1. The minimum Gasteiger partial charge on any atom is -0.447 e. The van der Waals surface area contributed by atoms with Crippen LogP contribution >= 0.6 is 0 Å². The Balaban J connectivity index is 1.96. The predicted molar refractivity (Wildman–Crippen MR) is 110 cm³/mol. The second kappa shape index (κ2) is 9.14. The van der Waals surface area contributed by atoms with Gasteiger partial charge >= 0.3 is 6.09 Å². The number of halogens is 2. The molecule has 1 atom stereocenters. The fourth-order valence-electron chi connectivity index (χ4n) is 2.78. The fraction of sp³-hybridized carbons (Fsp3) is 0.174. The molecule has 2 heterocycles. The normalized spacial score (nSPS) is 16.4. The highest BCUT2D eigenvalue weighted by molar-refractivity contribution is 6.14. The molecule has 1 amide bonds. The number of hydrogen-bond acceptors (Lipinski definition) is 4. The van der Waals surface area contributed by atoms with E-state index in [1.807, 2.05) is 0 Å². The van der Waals surface area contributed by atoms with Gasteiger partial charge in [-0.15, -0.1) is 0 Å². The van der Waals surface area contributed by atoms with E-state index in [9.17, 15) is 13.6 Å². The molecule has 3 rings (SSSR count). The first kappa shape index (κ1) is 20.9. The van der Waals surface area contributed by atoms with Crippen molar-refractivity contribution in [3.8, 4) is 11.8 Å². The van der Waals surface area contributed by atoms with Gasteiger partial charge in [0, 0.05) is 23.5 Å². The van der Waals surface area contributed by atoms with E-state index >= 15 is 0 Å². The highest BCUT2D eigenvalue weighted by Gasteiger charge is 2.28. The molecule has 1 aromatic heterocycles. The average molecular weight is 407 g/mol. The maximum atomic E-state index is 13.7. The number of amides is 1. The van der Waals surface area contributed by atoms with Gasteiger partial charge in [0.1, 0.15) is 18.1 Å². The van der Waals surface area contributed by atoms with Gasteiger partial charge in [0.05, 0.1) is 11.8 Å². The van der Waals surface area contributed by atoms with Crippen LogP contribution in [0.25, 0.3) is 0 Å². The molecule has 152 valence electrons. The third kappa shape index (κ3) is 4.97. The van der Waals surface area contributed by atoms with E-state index in [1.54, 1.807) is 19.9 Å². The number of carbonyl (C=O) groups is 1. The van der Waals surface area contributed by atoms with Crippen molar-refractivity contribution in [2.45, 2.75) is 19.9 Å². The lowest BCUT2D eigenvalue weighted by atomic mass is 9.95. The predicted octanol–water partition coefficient (Wildman–Crippen LogP) is 4.08. The summed E-state index contributed by atoms with van der Waals surface area (Å²) in [6.07, 6.45) is 2.43. The molecule has 0 saturated carbocycles. The summed E-state index contributed by atoms with van der Waals surface area (Å²) in [5, 5.41) is 2.66. The van der Waals surface area contributed by atoms with Crippen molar-refractivity contribution in [3.05, 3.63) is 88.9 Å². The van der Waals surface area contributed by atoms with Gasteiger partial charge in [-0.2, -0.15) is 0 Å². The molecule has 0 spiro atoms. The van der Waals surface area contributed by atoms with Crippen LogP contribution in [-0.2, 0) is 4.74 Å². The molecule has 1 unspecified atom stereocenters. The molecule has 0 radical (unpaired) electrons. The van der Waals surface area contributed by atoms with E-state index in [4.69, 9.17) is 4.74 Å². The number of pyridine rings is 1. The summed E-state index contributed by atoms with van der Waals surface area (Å²) in [5.74, 6) is 4.59. The molecule has 1 fully saturated rings. The standard InChI is InChI=1S/C23H19F2N3O2/c1-14(6-9-20-19(25)5-4-10-26-20)12-27-22(16(3)21-13-30-23(29)28-21)18-8-7-17(24)11-15(18)2/h4-5,7-8,10-12,21H,3,13H2,1-2H3,(H,28,29). The van der Waals surface area contributed by atoms with E-state index in [2.05, 4.69) is 33.7 Å². The van der Waals surface area contributed by atoms with Gasteiger partial charge in [-0.25, -0.2) is 18.6 Å². The monoisotopic (exact) mass is 407 g/mol. The second-order valence-electron chi connectivity index (χ2n) is 6.65. The molecule has 30 heavy (non-hydrogen) atoms. The second-order valence-corrected chi connectivity index (χ2v) is 6.65. The molecular formula is C23H19F2N3O2. The smallest absolute Gasteiger partial charge is 0.407 e. The topological polar surface area (TPSA) is 63.6 Å². The highest BCUT2D eigenvalue weighted by Crippen LogP contribution is 2.19. The molecule has 2 aromatic rings. The summed E-state index contributed by atoms with van der Waals surface area (Å²) in [7, 11) is 0. The van der Waals surface area contributed by atoms with Gasteiger partial charge < -0.3 is 10.1 Å². The third-order valence-electron chi connectivity index (χ3n) is 4.37. The van der Waals surface area contributed by atoms with Crippen molar-refractivity contribution in [2.24, 2.45) is 4.99 Å². The molecule has 7 heteroatoms. The first-order chi connectivity index (χ1) is 14.3. The summed E-state index contributed by atoms with van der Waals surface area (Å²) in [6.45, 7) is 7.65. The van der Waals surface area contributed by atoms with Gasteiger partial charge in [0.25, 0.3) is 0 Å². The maximum absolute atomic E-state index is 13.7. The Labute approximate surface area is 173 Å². The largest absolute Gasteiger partial charge is 0.447 e. The van der Waals surface area contributed by atoms with Crippen molar-refractivity contribution in [1.82, 2.24) is 10.3 Å². The lowest BCUT2D eigenvalue weighted by molar-refractivity contribution is 0.177. The number of nitrogens with zero attached hydrogens (tertiary/aromatic N) is 2. The van der Waals surface area contributed by atoms with Crippen LogP contribution in [0.4, 0.5) is 13.6 Å². The Morgan fingerprint density at radius 3 is 2.87 bits per heavy atom. The van der Waals surface area contributed by atoms with Gasteiger partial charge in [0.15, 0.2) is 5.82 Å². The Kier molecular flexibility index (Phi) is 6.38. The molecule has 1 aromatic carbocycles. The lowest BCUT2D eigenvalue weighted by Crippen LogP contribution is -2.31. The number of benzene rings is 1. The van der Waals surface area contributed by atoms with Crippen LogP contribution < -0.4 is 5.32 Å². The number of nitrogens with one attached hydrogen (secondary N) is 1.